The first-order chi connectivity index (χ1) is 17.4. The number of nitrogens with one attached hydrogen (secondary N) is 1. The zero-order valence-corrected chi connectivity index (χ0v) is 21.3. The number of hydrogen-bond donors (Lipinski definition) is 1. The molecular weight excluding hydrogens is 454 g/mol. The van der Waals surface area contributed by atoms with E-state index in [9.17, 15) is 9.59 Å². The van der Waals surface area contributed by atoms with Gasteiger partial charge in [-0.3, -0.25) is 4.79 Å². The number of fused-ring (bicyclic) bond motifs is 1. The maximum atomic E-state index is 13.4. The lowest BCUT2D eigenvalue weighted by atomic mass is 9.53. The van der Waals surface area contributed by atoms with Crippen LogP contribution in [-0.4, -0.2) is 60.6 Å². The highest BCUT2D eigenvalue weighted by molar-refractivity contribution is 5.97. The first-order valence-electron chi connectivity index (χ1n) is 13.9. The largest absolute Gasteiger partial charge is 0.493 e. The summed E-state index contributed by atoms with van der Waals surface area (Å²) in [6.45, 7) is 3.06. The van der Waals surface area contributed by atoms with Gasteiger partial charge in [0, 0.05) is 37.1 Å². The Morgan fingerprint density at radius 2 is 1.61 bits per heavy atom. The van der Waals surface area contributed by atoms with E-state index >= 15 is 0 Å². The molecule has 6 aliphatic rings. The second-order valence-electron chi connectivity index (χ2n) is 12.6. The fourth-order valence-corrected chi connectivity index (χ4v) is 8.73. The van der Waals surface area contributed by atoms with Crippen molar-refractivity contribution in [3.05, 3.63) is 30.0 Å². The SMILES string of the molecule is COc1cccc2cc(C(=O)N3CCC4(CCN(C(=O)NC56CC7CC(CC(C7)C5)C6)C4)CC3)oc12. The fourth-order valence-electron chi connectivity index (χ4n) is 8.73. The second-order valence-corrected chi connectivity index (χ2v) is 12.6. The van der Waals surface area contributed by atoms with E-state index in [1.165, 1.54) is 38.5 Å². The van der Waals surface area contributed by atoms with Crippen LogP contribution in [0, 0.1) is 23.2 Å². The molecule has 7 heteroatoms. The maximum Gasteiger partial charge on any atom is 0.317 e. The Hall–Kier alpha value is -2.70. The summed E-state index contributed by atoms with van der Waals surface area (Å²) in [5.74, 6) is 3.44. The molecule has 2 aromatic rings. The van der Waals surface area contributed by atoms with Crippen molar-refractivity contribution in [1.29, 1.82) is 0 Å². The van der Waals surface area contributed by atoms with Gasteiger partial charge in [0.15, 0.2) is 17.1 Å². The quantitative estimate of drug-likeness (QED) is 0.652. The number of amides is 3. The Morgan fingerprint density at radius 3 is 2.25 bits per heavy atom. The fraction of sp³-hybridized carbons (Fsp3) is 0.655. The minimum Gasteiger partial charge on any atom is -0.493 e. The first kappa shape index (κ1) is 22.5. The van der Waals surface area contributed by atoms with Crippen molar-refractivity contribution in [2.45, 2.75) is 63.3 Å². The third kappa shape index (κ3) is 3.69. The van der Waals surface area contributed by atoms with Gasteiger partial charge in [-0.1, -0.05) is 12.1 Å². The van der Waals surface area contributed by atoms with Crippen LogP contribution >= 0.6 is 0 Å². The lowest BCUT2D eigenvalue weighted by Crippen LogP contribution is -2.61. The van der Waals surface area contributed by atoms with Gasteiger partial charge in [-0.25, -0.2) is 4.79 Å². The summed E-state index contributed by atoms with van der Waals surface area (Å²) in [6, 6.07) is 7.65. The molecular formula is C29H37N3O4. The molecule has 8 rings (SSSR count). The molecule has 36 heavy (non-hydrogen) atoms. The monoisotopic (exact) mass is 491 g/mol. The summed E-state index contributed by atoms with van der Waals surface area (Å²) in [5, 5.41) is 4.44. The van der Waals surface area contributed by atoms with Crippen LogP contribution in [0.4, 0.5) is 4.79 Å². The van der Waals surface area contributed by atoms with E-state index in [2.05, 4.69) is 10.2 Å². The van der Waals surface area contributed by atoms with E-state index in [0.717, 1.165) is 55.5 Å². The van der Waals surface area contributed by atoms with Gasteiger partial charge >= 0.3 is 6.03 Å². The average Bonchev–Trinajstić information content (AvgIpc) is 3.48. The molecule has 1 aromatic heterocycles. The molecule has 1 N–H and O–H groups in total. The lowest BCUT2D eigenvalue weighted by Gasteiger charge is -2.57. The highest BCUT2D eigenvalue weighted by atomic mass is 16.5. The highest BCUT2D eigenvalue weighted by Gasteiger charge is 2.52. The van der Waals surface area contributed by atoms with Gasteiger partial charge in [-0.05, 0) is 93.1 Å². The number of furan rings is 1. The molecule has 3 heterocycles. The molecule has 0 radical (unpaired) electrons. The summed E-state index contributed by atoms with van der Waals surface area (Å²) in [4.78, 5) is 30.6. The lowest BCUT2D eigenvalue weighted by molar-refractivity contribution is -0.0156. The molecule has 1 spiro atoms. The number of methoxy groups -OCH3 is 1. The van der Waals surface area contributed by atoms with Gasteiger partial charge in [0.25, 0.3) is 5.91 Å². The van der Waals surface area contributed by atoms with Crippen LogP contribution in [0.2, 0.25) is 0 Å². The standard InChI is InChI=1S/C29H37N3O4/c1-35-23-4-2-3-22-14-24(36-25(22)23)26(33)31-8-5-28(6-9-31)7-10-32(18-28)27(34)30-29-15-19-11-20(16-29)13-21(12-19)17-29/h2-4,14,19-21H,5-13,15-18H2,1H3,(H,30,34). The second kappa shape index (κ2) is 8.15. The van der Waals surface area contributed by atoms with Crippen LogP contribution in [0.3, 0.4) is 0 Å². The molecule has 4 saturated carbocycles. The number of carbonyl (C=O) groups is 2. The van der Waals surface area contributed by atoms with Gasteiger partial charge in [0.05, 0.1) is 7.11 Å². The van der Waals surface area contributed by atoms with Crippen LogP contribution in [-0.2, 0) is 0 Å². The van der Waals surface area contributed by atoms with Crippen molar-refractivity contribution in [3.63, 3.8) is 0 Å². The van der Waals surface area contributed by atoms with Crippen LogP contribution in [0.25, 0.3) is 11.0 Å². The minimum atomic E-state index is -0.0579. The normalized spacial score (nSPS) is 32.4. The summed E-state index contributed by atoms with van der Waals surface area (Å²) in [5.41, 5.74) is 0.813. The smallest absolute Gasteiger partial charge is 0.317 e. The Morgan fingerprint density at radius 1 is 0.972 bits per heavy atom. The Bertz CT molecular complexity index is 1160. The van der Waals surface area contributed by atoms with Crippen molar-refractivity contribution in [1.82, 2.24) is 15.1 Å². The predicted octanol–water partition coefficient (Wildman–Crippen LogP) is 5.05. The molecule has 0 atom stereocenters. The molecule has 3 amide bonds. The number of hydrogen-bond acceptors (Lipinski definition) is 4. The number of benzene rings is 1. The van der Waals surface area contributed by atoms with Crippen LogP contribution in [0.1, 0.15) is 68.3 Å². The molecule has 4 aliphatic carbocycles. The number of rotatable bonds is 3. The topological polar surface area (TPSA) is 75.0 Å². The first-order valence-corrected chi connectivity index (χ1v) is 13.9. The van der Waals surface area contributed by atoms with Crippen molar-refractivity contribution >= 4 is 22.9 Å². The Balaban J connectivity index is 0.974. The number of ether oxygens (including phenoxy) is 1. The third-order valence-electron chi connectivity index (χ3n) is 10.2. The van der Waals surface area contributed by atoms with E-state index in [4.69, 9.17) is 9.15 Å². The maximum absolute atomic E-state index is 13.4. The summed E-state index contributed by atoms with van der Waals surface area (Å²) >= 11 is 0. The molecule has 4 bridgehead atoms. The Labute approximate surface area is 212 Å². The van der Waals surface area contributed by atoms with Gasteiger partial charge < -0.3 is 24.3 Å². The molecule has 192 valence electrons. The minimum absolute atomic E-state index is 0.0579. The van der Waals surface area contributed by atoms with E-state index in [1.54, 1.807) is 7.11 Å². The summed E-state index contributed by atoms with van der Waals surface area (Å²) in [6.07, 6.45) is 10.6. The summed E-state index contributed by atoms with van der Waals surface area (Å²) in [7, 11) is 1.61. The van der Waals surface area contributed by atoms with Crippen LogP contribution in [0.5, 0.6) is 5.75 Å². The summed E-state index contributed by atoms with van der Waals surface area (Å²) < 4.78 is 11.3. The van der Waals surface area contributed by atoms with E-state index in [0.29, 0.717) is 30.2 Å². The molecule has 7 nitrogen and oxygen atoms in total. The number of piperidine rings is 1. The van der Waals surface area contributed by atoms with Crippen molar-refractivity contribution in [2.24, 2.45) is 23.2 Å². The number of carbonyl (C=O) groups excluding carboxylic acids is 2. The predicted molar refractivity (Wildman–Crippen MR) is 136 cm³/mol. The van der Waals surface area contributed by atoms with Crippen LogP contribution < -0.4 is 10.1 Å². The molecule has 2 saturated heterocycles. The zero-order chi connectivity index (χ0) is 24.5. The van der Waals surface area contributed by atoms with Gasteiger partial charge in [0.2, 0.25) is 0 Å². The molecule has 6 fully saturated rings. The van der Waals surface area contributed by atoms with Gasteiger partial charge in [0.1, 0.15) is 0 Å². The number of urea groups is 1. The number of para-hydroxylation sites is 1. The van der Waals surface area contributed by atoms with E-state index < -0.39 is 0 Å². The average molecular weight is 492 g/mol. The molecule has 2 aliphatic heterocycles. The molecule has 1 aromatic carbocycles. The number of likely N-dealkylation sites (tertiary alicyclic amines) is 2. The molecule has 0 unspecified atom stereocenters. The van der Waals surface area contributed by atoms with E-state index in [-0.39, 0.29) is 22.9 Å². The van der Waals surface area contributed by atoms with Gasteiger partial charge in [-0.15, -0.1) is 0 Å². The van der Waals surface area contributed by atoms with Crippen molar-refractivity contribution in [2.75, 3.05) is 33.3 Å². The van der Waals surface area contributed by atoms with E-state index in [1.807, 2.05) is 29.2 Å². The van der Waals surface area contributed by atoms with Crippen LogP contribution in [0.15, 0.2) is 28.7 Å². The number of nitrogens with zero attached hydrogens (tertiary/aromatic N) is 2. The highest BCUT2D eigenvalue weighted by Crippen LogP contribution is 2.55. The Kier molecular flexibility index (Phi) is 5.09. The zero-order valence-electron chi connectivity index (χ0n) is 21.3. The third-order valence-corrected chi connectivity index (χ3v) is 10.2. The van der Waals surface area contributed by atoms with Crippen molar-refractivity contribution < 1.29 is 18.7 Å². The van der Waals surface area contributed by atoms with Crippen molar-refractivity contribution in [3.8, 4) is 5.75 Å². The van der Waals surface area contributed by atoms with Gasteiger partial charge in [-0.2, -0.15) is 0 Å².